The van der Waals surface area contributed by atoms with E-state index in [2.05, 4.69) is 10.3 Å². The van der Waals surface area contributed by atoms with Crippen molar-refractivity contribution in [1.82, 2.24) is 19.8 Å². The van der Waals surface area contributed by atoms with Gasteiger partial charge in [0.25, 0.3) is 5.91 Å². The van der Waals surface area contributed by atoms with Crippen molar-refractivity contribution in [2.75, 3.05) is 27.3 Å². The number of imidazole rings is 1. The molecule has 1 aromatic rings. The van der Waals surface area contributed by atoms with Crippen LogP contribution in [0, 0.1) is 0 Å². The molecule has 7 nitrogen and oxygen atoms in total. The maximum absolute atomic E-state index is 12.6. The van der Waals surface area contributed by atoms with E-state index in [-0.39, 0.29) is 18.4 Å². The van der Waals surface area contributed by atoms with E-state index < -0.39 is 5.54 Å². The molecular formula is C13H20N4O3. The van der Waals surface area contributed by atoms with E-state index in [1.54, 1.807) is 36.1 Å². The molecule has 1 atom stereocenters. The summed E-state index contributed by atoms with van der Waals surface area (Å²) in [6, 6.07) is 0. The van der Waals surface area contributed by atoms with Crippen molar-refractivity contribution in [3.05, 3.63) is 18.2 Å². The standard InChI is InChI=1S/C13H20N4O3/c1-14-12(19)13(8-20-3)5-4-6-17(13)11(18)10-7-16(2)9-15-10/h7,9H,4-6,8H2,1-3H3,(H,14,19). The van der Waals surface area contributed by atoms with E-state index in [0.717, 1.165) is 6.42 Å². The molecule has 1 aromatic heterocycles. The van der Waals surface area contributed by atoms with E-state index in [1.807, 2.05) is 0 Å². The van der Waals surface area contributed by atoms with Crippen LogP contribution in [-0.4, -0.2) is 59.1 Å². The summed E-state index contributed by atoms with van der Waals surface area (Å²) in [5, 5.41) is 2.64. The Balaban J connectivity index is 2.32. The van der Waals surface area contributed by atoms with E-state index >= 15 is 0 Å². The molecule has 2 rings (SSSR count). The van der Waals surface area contributed by atoms with Crippen LogP contribution in [-0.2, 0) is 16.6 Å². The molecule has 0 aromatic carbocycles. The summed E-state index contributed by atoms with van der Waals surface area (Å²) in [6.45, 7) is 0.720. The second-order valence-electron chi connectivity index (χ2n) is 5.03. The molecule has 110 valence electrons. The second-order valence-corrected chi connectivity index (χ2v) is 5.03. The van der Waals surface area contributed by atoms with Gasteiger partial charge in [-0.2, -0.15) is 0 Å². The fourth-order valence-corrected chi connectivity index (χ4v) is 2.76. The molecule has 0 aliphatic carbocycles. The molecular weight excluding hydrogens is 260 g/mol. The molecule has 1 unspecified atom stereocenters. The fourth-order valence-electron chi connectivity index (χ4n) is 2.76. The number of rotatable bonds is 4. The molecule has 0 saturated carbocycles. The van der Waals surface area contributed by atoms with Crippen LogP contribution in [0.2, 0.25) is 0 Å². The zero-order chi connectivity index (χ0) is 14.8. The van der Waals surface area contributed by atoms with Crippen LogP contribution >= 0.6 is 0 Å². The molecule has 0 spiro atoms. The number of amides is 2. The molecule has 20 heavy (non-hydrogen) atoms. The first-order valence-electron chi connectivity index (χ1n) is 6.56. The minimum absolute atomic E-state index is 0.186. The highest BCUT2D eigenvalue weighted by Gasteiger charge is 2.49. The minimum Gasteiger partial charge on any atom is -0.382 e. The number of methoxy groups -OCH3 is 1. The number of hydrogen-bond donors (Lipinski definition) is 1. The number of aryl methyl sites for hydroxylation is 1. The zero-order valence-corrected chi connectivity index (χ0v) is 12.0. The van der Waals surface area contributed by atoms with Crippen molar-refractivity contribution < 1.29 is 14.3 Å². The Morgan fingerprint density at radius 1 is 1.55 bits per heavy atom. The number of hydrogen-bond acceptors (Lipinski definition) is 4. The lowest BCUT2D eigenvalue weighted by atomic mass is 9.95. The summed E-state index contributed by atoms with van der Waals surface area (Å²) in [7, 11) is 4.91. The average molecular weight is 280 g/mol. The molecule has 1 fully saturated rings. The van der Waals surface area contributed by atoms with Gasteiger partial charge in [0.15, 0.2) is 0 Å². The Hall–Kier alpha value is -1.89. The zero-order valence-electron chi connectivity index (χ0n) is 12.0. The molecule has 0 bridgehead atoms. The summed E-state index contributed by atoms with van der Waals surface area (Å²) in [5.74, 6) is -0.426. The van der Waals surface area contributed by atoms with Gasteiger partial charge in [0.05, 0.1) is 12.9 Å². The maximum Gasteiger partial charge on any atom is 0.275 e. The van der Waals surface area contributed by atoms with Crippen LogP contribution < -0.4 is 5.32 Å². The summed E-state index contributed by atoms with van der Waals surface area (Å²) in [4.78, 5) is 30.5. The molecule has 1 N–H and O–H groups in total. The molecule has 2 heterocycles. The lowest BCUT2D eigenvalue weighted by Crippen LogP contribution is -2.59. The third kappa shape index (κ3) is 2.29. The monoisotopic (exact) mass is 280 g/mol. The highest BCUT2D eigenvalue weighted by Crippen LogP contribution is 2.31. The van der Waals surface area contributed by atoms with Gasteiger partial charge in [-0.3, -0.25) is 9.59 Å². The van der Waals surface area contributed by atoms with Gasteiger partial charge in [0, 0.05) is 33.9 Å². The van der Waals surface area contributed by atoms with Crippen molar-refractivity contribution in [3.8, 4) is 0 Å². The number of carbonyl (C=O) groups excluding carboxylic acids is 2. The Labute approximate surface area is 117 Å². The van der Waals surface area contributed by atoms with Crippen LogP contribution in [0.3, 0.4) is 0 Å². The van der Waals surface area contributed by atoms with Crippen LogP contribution in [0.15, 0.2) is 12.5 Å². The van der Waals surface area contributed by atoms with Gasteiger partial charge < -0.3 is 19.5 Å². The number of carbonyl (C=O) groups is 2. The first-order chi connectivity index (χ1) is 9.55. The topological polar surface area (TPSA) is 76.5 Å². The normalized spacial score (nSPS) is 22.1. The van der Waals surface area contributed by atoms with Crippen molar-refractivity contribution >= 4 is 11.8 Å². The lowest BCUT2D eigenvalue weighted by molar-refractivity contribution is -0.133. The van der Waals surface area contributed by atoms with Crippen LogP contribution in [0.1, 0.15) is 23.3 Å². The maximum atomic E-state index is 12.6. The number of nitrogens with zero attached hydrogens (tertiary/aromatic N) is 3. The first kappa shape index (κ1) is 14.5. The van der Waals surface area contributed by atoms with Crippen molar-refractivity contribution in [3.63, 3.8) is 0 Å². The van der Waals surface area contributed by atoms with E-state index in [1.165, 1.54) is 7.11 Å². The van der Waals surface area contributed by atoms with Crippen LogP contribution in [0.25, 0.3) is 0 Å². The summed E-state index contributed by atoms with van der Waals surface area (Å²) in [5.41, 5.74) is -0.586. The quantitative estimate of drug-likeness (QED) is 0.828. The second kappa shape index (κ2) is 5.62. The smallest absolute Gasteiger partial charge is 0.275 e. The highest BCUT2D eigenvalue weighted by atomic mass is 16.5. The predicted octanol–water partition coefficient (Wildman–Crippen LogP) is -0.213. The number of ether oxygens (including phenoxy) is 1. The molecule has 2 amide bonds. The molecule has 0 radical (unpaired) electrons. The van der Waals surface area contributed by atoms with Gasteiger partial charge in [-0.05, 0) is 12.8 Å². The number of aromatic nitrogens is 2. The highest BCUT2D eigenvalue weighted by molar-refractivity contribution is 5.98. The number of likely N-dealkylation sites (N-methyl/N-ethyl adjacent to an activating group) is 1. The third-order valence-electron chi connectivity index (χ3n) is 3.69. The van der Waals surface area contributed by atoms with Crippen molar-refractivity contribution in [1.29, 1.82) is 0 Å². The molecule has 7 heteroatoms. The fraction of sp³-hybridized carbons (Fsp3) is 0.615. The van der Waals surface area contributed by atoms with Gasteiger partial charge in [-0.25, -0.2) is 4.98 Å². The Bertz CT molecular complexity index is 513. The molecule has 1 aliphatic rings. The van der Waals surface area contributed by atoms with Gasteiger partial charge in [-0.1, -0.05) is 0 Å². The minimum atomic E-state index is -0.932. The van der Waals surface area contributed by atoms with E-state index in [9.17, 15) is 9.59 Å². The van der Waals surface area contributed by atoms with Gasteiger partial charge in [0.2, 0.25) is 5.91 Å². The predicted molar refractivity (Wildman–Crippen MR) is 72.2 cm³/mol. The average Bonchev–Trinajstić information content (AvgIpc) is 3.05. The third-order valence-corrected chi connectivity index (χ3v) is 3.69. The van der Waals surface area contributed by atoms with Crippen molar-refractivity contribution in [2.24, 2.45) is 7.05 Å². The lowest BCUT2D eigenvalue weighted by Gasteiger charge is -2.35. The number of nitrogens with one attached hydrogen (secondary N) is 1. The Morgan fingerprint density at radius 2 is 2.30 bits per heavy atom. The number of likely N-dealkylation sites (tertiary alicyclic amines) is 1. The summed E-state index contributed by atoms with van der Waals surface area (Å²) >= 11 is 0. The SMILES string of the molecule is CNC(=O)C1(COC)CCCN1C(=O)c1cn(C)cn1. The van der Waals surface area contributed by atoms with Crippen LogP contribution in [0.4, 0.5) is 0 Å². The van der Waals surface area contributed by atoms with Crippen LogP contribution in [0.5, 0.6) is 0 Å². The van der Waals surface area contributed by atoms with Gasteiger partial charge >= 0.3 is 0 Å². The van der Waals surface area contributed by atoms with Crippen molar-refractivity contribution in [2.45, 2.75) is 18.4 Å². The summed E-state index contributed by atoms with van der Waals surface area (Å²) in [6.07, 6.45) is 4.59. The van der Waals surface area contributed by atoms with Gasteiger partial charge in [0.1, 0.15) is 11.2 Å². The molecule has 1 saturated heterocycles. The summed E-state index contributed by atoms with van der Waals surface area (Å²) < 4.78 is 6.90. The largest absolute Gasteiger partial charge is 0.382 e. The Kier molecular flexibility index (Phi) is 4.08. The molecule has 1 aliphatic heterocycles. The Morgan fingerprint density at radius 3 is 2.85 bits per heavy atom. The van der Waals surface area contributed by atoms with E-state index in [0.29, 0.717) is 18.7 Å². The van der Waals surface area contributed by atoms with Gasteiger partial charge in [-0.15, -0.1) is 0 Å². The van der Waals surface area contributed by atoms with E-state index in [4.69, 9.17) is 4.74 Å². The first-order valence-corrected chi connectivity index (χ1v) is 6.56.